The number of ether oxygens (including phenoxy) is 2. The summed E-state index contributed by atoms with van der Waals surface area (Å²) in [7, 11) is 1.60. The van der Waals surface area contributed by atoms with E-state index >= 15 is 0 Å². The van der Waals surface area contributed by atoms with Gasteiger partial charge in [0.2, 0.25) is 0 Å². The number of Topliss-reactive ketones (excluding diaryl/α,β-unsaturated/α-hetero) is 1. The summed E-state index contributed by atoms with van der Waals surface area (Å²) < 4.78 is 12.9. The number of carbonyl (C=O) groups excluding carboxylic acids is 2. The van der Waals surface area contributed by atoms with Crippen LogP contribution < -0.4 is 9.80 Å². The summed E-state index contributed by atoms with van der Waals surface area (Å²) in [6.45, 7) is 11.6. The van der Waals surface area contributed by atoms with Gasteiger partial charge in [0.05, 0.1) is 6.61 Å². The molecule has 0 aliphatic heterocycles. The van der Waals surface area contributed by atoms with Gasteiger partial charge >= 0.3 is 5.97 Å². The largest absolute Gasteiger partial charge is 0.463 e. The highest BCUT2D eigenvalue weighted by atomic mass is 32.1. The SMILES string of the molecule is COCCOC(=O)CCc1ccc(N(c2ccc(-c3ccc4c(c3)sc3cc(-c5ccc(N(c6ccc(CCC(C)=O)cc6)c6ccc7c(c6)C(C)(C)c6ccccc6-7)cc5)ccc34)cc2)c2ccc3c(c2)C(C)(C)c2ccccc2-3)cc1. The summed E-state index contributed by atoms with van der Waals surface area (Å²) in [5, 5.41) is 2.52. The van der Waals surface area contributed by atoms with Crippen LogP contribution in [0.3, 0.4) is 0 Å². The van der Waals surface area contributed by atoms with Gasteiger partial charge < -0.3 is 24.1 Å². The summed E-state index contributed by atoms with van der Waals surface area (Å²) in [4.78, 5) is 29.0. The number of benzene rings is 10. The van der Waals surface area contributed by atoms with E-state index < -0.39 is 0 Å². The van der Waals surface area contributed by atoms with Gasteiger partial charge in [-0.3, -0.25) is 4.79 Å². The lowest BCUT2D eigenvalue weighted by Crippen LogP contribution is -2.16. The van der Waals surface area contributed by atoms with Gasteiger partial charge in [0, 0.05) is 85.1 Å². The predicted molar refractivity (Wildman–Crippen MR) is 345 cm³/mol. The van der Waals surface area contributed by atoms with E-state index in [1.54, 1.807) is 14.0 Å². The van der Waals surface area contributed by atoms with Crippen LogP contribution in [-0.4, -0.2) is 32.1 Å². The molecule has 0 radical (unpaired) electrons. The minimum Gasteiger partial charge on any atom is -0.463 e. The predicted octanol–water partition coefficient (Wildman–Crippen LogP) is 19.6. The number of anilines is 6. The molecular weight excluding hydrogens is 1040 g/mol. The van der Waals surface area contributed by atoms with Crippen molar-refractivity contribution in [2.45, 2.75) is 71.1 Å². The maximum Gasteiger partial charge on any atom is 0.306 e. The minimum atomic E-state index is -0.220. The van der Waals surface area contributed by atoms with Crippen LogP contribution in [-0.2, 0) is 42.7 Å². The van der Waals surface area contributed by atoms with Crippen LogP contribution in [0.25, 0.3) is 64.7 Å². The fraction of sp³-hybridized carbons (Fsp3) is 0.184. The number of thiophene rings is 1. The first-order chi connectivity index (χ1) is 40.3. The molecule has 0 atom stereocenters. The van der Waals surface area contributed by atoms with Crippen LogP contribution in [0.2, 0.25) is 0 Å². The van der Waals surface area contributed by atoms with Crippen molar-refractivity contribution in [3.8, 4) is 44.5 Å². The summed E-state index contributed by atoms with van der Waals surface area (Å²) >= 11 is 1.84. The second-order valence-electron chi connectivity index (χ2n) is 23.3. The minimum absolute atomic E-state index is 0.131. The van der Waals surface area contributed by atoms with E-state index in [2.05, 4.69) is 256 Å². The maximum atomic E-state index is 12.4. The lowest BCUT2D eigenvalue weighted by Gasteiger charge is -2.28. The van der Waals surface area contributed by atoms with Gasteiger partial charge in [-0.2, -0.15) is 0 Å². The smallest absolute Gasteiger partial charge is 0.306 e. The zero-order valence-corrected chi connectivity index (χ0v) is 48.8. The molecule has 410 valence electrons. The van der Waals surface area contributed by atoms with Crippen LogP contribution in [0.15, 0.2) is 218 Å². The van der Waals surface area contributed by atoms with Crippen LogP contribution >= 0.6 is 11.3 Å². The first-order valence-corrected chi connectivity index (χ1v) is 29.7. The van der Waals surface area contributed by atoms with Gasteiger partial charge in [0.15, 0.2) is 0 Å². The Bertz CT molecular complexity index is 4270. The van der Waals surface area contributed by atoms with Gasteiger partial charge in [0.25, 0.3) is 0 Å². The van der Waals surface area contributed by atoms with Crippen LogP contribution in [0.1, 0.15) is 80.8 Å². The number of hydrogen-bond acceptors (Lipinski definition) is 7. The van der Waals surface area contributed by atoms with Crippen molar-refractivity contribution in [3.05, 3.63) is 252 Å². The fourth-order valence-corrected chi connectivity index (χ4v) is 14.0. The monoisotopic (exact) mass is 1100 g/mol. The Morgan fingerprint density at radius 3 is 1.23 bits per heavy atom. The molecule has 1 heterocycles. The molecule has 0 spiro atoms. The normalized spacial score (nSPS) is 13.3. The molecule has 0 saturated carbocycles. The Morgan fingerprint density at radius 1 is 0.410 bits per heavy atom. The molecule has 0 unspecified atom stereocenters. The molecule has 2 aliphatic carbocycles. The van der Waals surface area contributed by atoms with Gasteiger partial charge in [-0.05, 0) is 183 Å². The van der Waals surface area contributed by atoms with Crippen molar-refractivity contribution < 1.29 is 19.1 Å². The molecule has 0 amide bonds. The van der Waals surface area contributed by atoms with Gasteiger partial charge in [-0.1, -0.05) is 161 Å². The molecule has 2 aliphatic rings. The quantitative estimate of drug-likeness (QED) is 0.0669. The van der Waals surface area contributed by atoms with Crippen molar-refractivity contribution in [1.82, 2.24) is 0 Å². The molecule has 1 aromatic heterocycles. The molecular formula is C76H66N2O4S. The van der Waals surface area contributed by atoms with E-state index in [0.29, 0.717) is 25.9 Å². The van der Waals surface area contributed by atoms with E-state index in [1.165, 1.54) is 75.8 Å². The van der Waals surface area contributed by atoms with E-state index in [-0.39, 0.29) is 29.2 Å². The van der Waals surface area contributed by atoms with Crippen molar-refractivity contribution in [2.75, 3.05) is 30.1 Å². The van der Waals surface area contributed by atoms with E-state index in [9.17, 15) is 9.59 Å². The molecule has 0 N–H and O–H groups in total. The van der Waals surface area contributed by atoms with E-state index in [4.69, 9.17) is 9.47 Å². The molecule has 6 nitrogen and oxygen atoms in total. The average Bonchev–Trinajstić information content (AvgIpc) is 2.28. The van der Waals surface area contributed by atoms with E-state index in [1.807, 2.05) is 11.3 Å². The lowest BCUT2D eigenvalue weighted by atomic mass is 9.82. The highest BCUT2D eigenvalue weighted by Gasteiger charge is 2.37. The van der Waals surface area contributed by atoms with E-state index in [0.717, 1.165) is 62.8 Å². The average molecular weight is 1100 g/mol. The number of rotatable bonds is 17. The summed E-state index contributed by atoms with van der Waals surface area (Å²) in [5.41, 5.74) is 23.6. The summed E-state index contributed by atoms with van der Waals surface area (Å²) in [5.74, 6) is -0.0144. The molecule has 13 rings (SSSR count). The number of ketones is 1. The Hall–Kier alpha value is -8.88. The maximum absolute atomic E-state index is 12.4. The molecule has 83 heavy (non-hydrogen) atoms. The molecule has 10 aromatic carbocycles. The number of nitrogens with zero attached hydrogens (tertiary/aromatic N) is 2. The summed E-state index contributed by atoms with van der Waals surface area (Å²) in [6.07, 6.45) is 2.19. The topological polar surface area (TPSA) is 59.1 Å². The van der Waals surface area contributed by atoms with Crippen molar-refractivity contribution in [3.63, 3.8) is 0 Å². The Morgan fingerprint density at radius 2 is 0.795 bits per heavy atom. The Labute approximate surface area is 491 Å². The van der Waals surface area contributed by atoms with Gasteiger partial charge in [-0.25, -0.2) is 0 Å². The highest BCUT2D eigenvalue weighted by Crippen LogP contribution is 2.53. The third-order valence-corrected chi connectivity index (χ3v) is 18.5. The first kappa shape index (κ1) is 53.4. The second kappa shape index (κ2) is 21.8. The third-order valence-electron chi connectivity index (χ3n) is 17.4. The lowest BCUT2D eigenvalue weighted by molar-refractivity contribution is -0.144. The number of carbonyl (C=O) groups is 2. The standard InChI is InChI=1S/C76H66N2O4S/c1-49(79)15-16-50-17-28-56(29-18-50)77(60-36-40-64-62-11-7-9-13-68(62)75(2,3)70(64)47-60)58-32-22-52(23-33-58)54-26-38-66-67-39-27-55(46-73(67)83-72(66)45-54)53-24-34-59(35-25-53)78(57-30-19-51(20-31-57)21-42-74(80)82-44-43-81-6)61-37-41-65-63-12-8-10-14-69(63)76(4,5)71(65)48-61/h7-14,17-20,22-41,45-48H,15-16,21,42-44H2,1-6H3. The molecule has 0 fully saturated rings. The second-order valence-corrected chi connectivity index (χ2v) is 24.4. The number of methoxy groups -OCH3 is 1. The molecule has 7 heteroatoms. The van der Waals surface area contributed by atoms with Crippen molar-refractivity contribution in [2.24, 2.45) is 0 Å². The Kier molecular flexibility index (Phi) is 14.0. The molecule has 0 bridgehead atoms. The zero-order valence-electron chi connectivity index (χ0n) is 48.0. The Balaban J connectivity index is 0.782. The van der Waals surface area contributed by atoms with Crippen molar-refractivity contribution >= 4 is 77.4 Å². The van der Waals surface area contributed by atoms with Crippen LogP contribution in [0, 0.1) is 0 Å². The fourth-order valence-electron chi connectivity index (χ4n) is 12.8. The molecule has 0 saturated heterocycles. The number of esters is 1. The number of hydrogen-bond donors (Lipinski definition) is 0. The van der Waals surface area contributed by atoms with Crippen LogP contribution in [0.5, 0.6) is 0 Å². The zero-order chi connectivity index (χ0) is 57.0. The first-order valence-electron chi connectivity index (χ1n) is 28.9. The third kappa shape index (κ3) is 10.0. The van der Waals surface area contributed by atoms with Gasteiger partial charge in [-0.15, -0.1) is 11.3 Å². The van der Waals surface area contributed by atoms with Crippen LogP contribution in [0.4, 0.5) is 34.1 Å². The number of fused-ring (bicyclic) bond motifs is 9. The van der Waals surface area contributed by atoms with Gasteiger partial charge in [0.1, 0.15) is 12.4 Å². The van der Waals surface area contributed by atoms with Crippen molar-refractivity contribution in [1.29, 1.82) is 0 Å². The highest BCUT2D eigenvalue weighted by molar-refractivity contribution is 7.25. The molecule has 11 aromatic rings. The summed E-state index contributed by atoms with van der Waals surface area (Å²) in [6, 6.07) is 80.4. The number of aryl methyl sites for hydroxylation is 2.